The van der Waals surface area contributed by atoms with E-state index >= 15 is 0 Å². The van der Waals surface area contributed by atoms with Gasteiger partial charge in [-0.15, -0.1) is 0 Å². The Hall–Kier alpha value is -2.53. The van der Waals surface area contributed by atoms with Gasteiger partial charge in [0.25, 0.3) is 0 Å². The largest absolute Gasteiger partial charge is 0.381 e. The van der Waals surface area contributed by atoms with Crippen molar-refractivity contribution in [2.75, 3.05) is 25.2 Å². The molecule has 0 aliphatic carbocycles. The molecular weight excluding hydrogens is 300 g/mol. The Morgan fingerprint density at radius 1 is 1.17 bits per heavy atom. The molecule has 5 nitrogen and oxygen atoms in total. The quantitative estimate of drug-likeness (QED) is 0.739. The van der Waals surface area contributed by atoms with Crippen LogP contribution < -0.4 is 4.90 Å². The smallest absolute Gasteiger partial charge is 0.132 e. The first-order valence-electron chi connectivity index (χ1n) is 8.25. The van der Waals surface area contributed by atoms with Crippen LogP contribution in [0.4, 0.5) is 5.82 Å². The summed E-state index contributed by atoms with van der Waals surface area (Å²) in [7, 11) is 2.04. The molecule has 4 rings (SSSR count). The highest BCUT2D eigenvalue weighted by molar-refractivity contribution is 5.78. The fourth-order valence-electron chi connectivity index (χ4n) is 3.08. The summed E-state index contributed by atoms with van der Waals surface area (Å²) in [6, 6.07) is 14.4. The van der Waals surface area contributed by atoms with Crippen molar-refractivity contribution in [3.8, 4) is 0 Å². The van der Waals surface area contributed by atoms with Crippen molar-refractivity contribution in [1.29, 1.82) is 0 Å². The molecule has 0 bridgehead atoms. The monoisotopic (exact) mass is 320 g/mol. The van der Waals surface area contributed by atoms with Gasteiger partial charge >= 0.3 is 0 Å². The van der Waals surface area contributed by atoms with E-state index in [0.717, 1.165) is 47.7 Å². The van der Waals surface area contributed by atoms with Gasteiger partial charge in [0.15, 0.2) is 0 Å². The standard InChI is InChI=1S/C19H20N4O/c1-23(11-16-7-6-14-4-2-3-5-17(14)22-16)19-10-18(20-13-21-19)15-8-9-24-12-15/h2-7,10,13,15H,8-9,11-12H2,1H3. The van der Waals surface area contributed by atoms with E-state index < -0.39 is 0 Å². The molecule has 1 fully saturated rings. The molecule has 0 radical (unpaired) electrons. The van der Waals surface area contributed by atoms with E-state index in [-0.39, 0.29) is 0 Å². The lowest BCUT2D eigenvalue weighted by Crippen LogP contribution is -2.19. The number of rotatable bonds is 4. The first-order chi connectivity index (χ1) is 11.8. The number of pyridine rings is 1. The lowest BCUT2D eigenvalue weighted by molar-refractivity contribution is 0.193. The molecule has 1 saturated heterocycles. The number of nitrogens with zero attached hydrogens (tertiary/aromatic N) is 4. The van der Waals surface area contributed by atoms with E-state index in [9.17, 15) is 0 Å². The summed E-state index contributed by atoms with van der Waals surface area (Å²) in [4.78, 5) is 15.7. The third kappa shape index (κ3) is 3.08. The average molecular weight is 320 g/mol. The van der Waals surface area contributed by atoms with Crippen LogP contribution in [0.25, 0.3) is 10.9 Å². The highest BCUT2D eigenvalue weighted by Crippen LogP contribution is 2.25. The number of hydrogen-bond donors (Lipinski definition) is 0. The first kappa shape index (κ1) is 15.0. The summed E-state index contributed by atoms with van der Waals surface area (Å²) in [5.74, 6) is 1.31. The zero-order valence-corrected chi connectivity index (χ0v) is 13.7. The van der Waals surface area contributed by atoms with Crippen LogP contribution in [0.1, 0.15) is 23.7 Å². The second kappa shape index (κ2) is 6.53. The van der Waals surface area contributed by atoms with Crippen LogP contribution in [0.3, 0.4) is 0 Å². The van der Waals surface area contributed by atoms with Crippen LogP contribution in [0.2, 0.25) is 0 Å². The van der Waals surface area contributed by atoms with Gasteiger partial charge in [-0.05, 0) is 18.6 Å². The van der Waals surface area contributed by atoms with Crippen LogP contribution in [0.5, 0.6) is 0 Å². The Morgan fingerprint density at radius 2 is 2.08 bits per heavy atom. The van der Waals surface area contributed by atoms with Gasteiger partial charge in [-0.25, -0.2) is 9.97 Å². The van der Waals surface area contributed by atoms with Gasteiger partial charge in [-0.3, -0.25) is 4.98 Å². The van der Waals surface area contributed by atoms with Gasteiger partial charge in [0.2, 0.25) is 0 Å². The van der Waals surface area contributed by atoms with Gasteiger partial charge < -0.3 is 9.64 Å². The van der Waals surface area contributed by atoms with Crippen molar-refractivity contribution in [3.63, 3.8) is 0 Å². The van der Waals surface area contributed by atoms with Gasteiger partial charge in [-0.1, -0.05) is 24.3 Å². The van der Waals surface area contributed by atoms with Gasteiger partial charge in [0, 0.05) is 31.0 Å². The predicted molar refractivity (Wildman–Crippen MR) is 94.1 cm³/mol. The molecule has 0 amide bonds. The summed E-state index contributed by atoms with van der Waals surface area (Å²) < 4.78 is 5.46. The molecule has 1 unspecified atom stereocenters. The number of benzene rings is 1. The summed E-state index contributed by atoms with van der Waals surface area (Å²) in [6.07, 6.45) is 2.68. The number of aromatic nitrogens is 3. The van der Waals surface area contributed by atoms with Gasteiger partial charge in [0.05, 0.1) is 30.1 Å². The van der Waals surface area contributed by atoms with Crippen molar-refractivity contribution in [2.45, 2.75) is 18.9 Å². The molecule has 0 saturated carbocycles. The zero-order chi connectivity index (χ0) is 16.4. The van der Waals surface area contributed by atoms with Crippen molar-refractivity contribution >= 4 is 16.7 Å². The minimum Gasteiger partial charge on any atom is -0.381 e. The molecule has 1 aliphatic rings. The topological polar surface area (TPSA) is 51.1 Å². The second-order valence-corrected chi connectivity index (χ2v) is 6.21. The molecule has 3 heterocycles. The molecule has 1 aliphatic heterocycles. The van der Waals surface area contributed by atoms with E-state index in [2.05, 4.69) is 39.1 Å². The Bertz CT molecular complexity index is 845. The third-order valence-corrected chi connectivity index (χ3v) is 4.47. The zero-order valence-electron chi connectivity index (χ0n) is 13.7. The van der Waals surface area contributed by atoms with E-state index in [1.165, 1.54) is 0 Å². The van der Waals surface area contributed by atoms with E-state index in [4.69, 9.17) is 9.72 Å². The minimum absolute atomic E-state index is 0.388. The van der Waals surface area contributed by atoms with Crippen molar-refractivity contribution in [2.24, 2.45) is 0 Å². The summed E-state index contributed by atoms with van der Waals surface area (Å²) in [5, 5.41) is 1.16. The fraction of sp³-hybridized carbons (Fsp3) is 0.316. The second-order valence-electron chi connectivity index (χ2n) is 6.21. The van der Waals surface area contributed by atoms with Crippen LogP contribution in [0.15, 0.2) is 48.8 Å². The molecule has 0 N–H and O–H groups in total. The first-order valence-corrected chi connectivity index (χ1v) is 8.25. The lowest BCUT2D eigenvalue weighted by Gasteiger charge is -2.19. The van der Waals surface area contributed by atoms with Gasteiger partial charge in [0.1, 0.15) is 12.1 Å². The van der Waals surface area contributed by atoms with Crippen molar-refractivity contribution in [3.05, 3.63) is 60.2 Å². The summed E-state index contributed by atoms with van der Waals surface area (Å²) >= 11 is 0. The molecule has 5 heteroatoms. The van der Waals surface area contributed by atoms with Crippen LogP contribution in [-0.2, 0) is 11.3 Å². The maximum atomic E-state index is 5.46. The molecule has 122 valence electrons. The Labute approximate surface area is 141 Å². The molecule has 2 aromatic heterocycles. The summed E-state index contributed by atoms with van der Waals surface area (Å²) in [5.41, 5.74) is 3.12. The lowest BCUT2D eigenvalue weighted by atomic mass is 10.0. The summed E-state index contributed by atoms with van der Waals surface area (Å²) in [6.45, 7) is 2.29. The highest BCUT2D eigenvalue weighted by Gasteiger charge is 2.20. The number of anilines is 1. The SMILES string of the molecule is CN(Cc1ccc2ccccc2n1)c1cc(C2CCOC2)ncn1. The molecular formula is C19H20N4O. The molecule has 0 spiro atoms. The Kier molecular flexibility index (Phi) is 4.09. The van der Waals surface area contributed by atoms with Crippen molar-refractivity contribution in [1.82, 2.24) is 15.0 Å². The Balaban J connectivity index is 1.54. The maximum Gasteiger partial charge on any atom is 0.132 e. The number of ether oxygens (including phenoxy) is 1. The number of hydrogen-bond acceptors (Lipinski definition) is 5. The molecule has 24 heavy (non-hydrogen) atoms. The maximum absolute atomic E-state index is 5.46. The minimum atomic E-state index is 0.388. The van der Waals surface area contributed by atoms with Crippen LogP contribution in [-0.4, -0.2) is 35.2 Å². The van der Waals surface area contributed by atoms with E-state index in [1.807, 2.05) is 25.2 Å². The normalized spacial score (nSPS) is 17.3. The van der Waals surface area contributed by atoms with E-state index in [1.54, 1.807) is 6.33 Å². The fourth-order valence-corrected chi connectivity index (χ4v) is 3.08. The average Bonchev–Trinajstić information content (AvgIpc) is 3.16. The molecule has 3 aromatic rings. The van der Waals surface area contributed by atoms with Crippen LogP contribution >= 0.6 is 0 Å². The number of para-hydroxylation sites is 1. The highest BCUT2D eigenvalue weighted by atomic mass is 16.5. The number of fused-ring (bicyclic) bond motifs is 1. The van der Waals surface area contributed by atoms with Crippen LogP contribution in [0, 0.1) is 0 Å². The molecule has 1 atom stereocenters. The van der Waals surface area contributed by atoms with Crippen molar-refractivity contribution < 1.29 is 4.74 Å². The predicted octanol–water partition coefficient (Wildman–Crippen LogP) is 3.17. The molecule has 1 aromatic carbocycles. The van der Waals surface area contributed by atoms with Gasteiger partial charge in [-0.2, -0.15) is 0 Å². The Morgan fingerprint density at radius 3 is 2.96 bits per heavy atom. The third-order valence-electron chi connectivity index (χ3n) is 4.47. The van der Waals surface area contributed by atoms with E-state index in [0.29, 0.717) is 12.5 Å².